The Hall–Kier alpha value is -2.15. The molecule has 0 radical (unpaired) electrons. The third-order valence-corrected chi connectivity index (χ3v) is 4.26. The molecular weight excluding hydrogens is 290 g/mol. The van der Waals surface area contributed by atoms with Crippen molar-refractivity contribution < 1.29 is 14.7 Å². The van der Waals surface area contributed by atoms with E-state index in [4.69, 9.17) is 5.11 Å². The zero-order chi connectivity index (χ0) is 15.4. The summed E-state index contributed by atoms with van der Waals surface area (Å²) in [4.78, 5) is 24.8. The molecule has 0 aliphatic rings. The number of carboxylic acids is 1. The van der Waals surface area contributed by atoms with Gasteiger partial charge in [0.15, 0.2) is 5.82 Å². The molecule has 7 heteroatoms. The molecule has 112 valence electrons. The van der Waals surface area contributed by atoms with Gasteiger partial charge in [0.05, 0.1) is 4.88 Å². The fraction of sp³-hybridized carbons (Fsp3) is 0.357. The van der Waals surface area contributed by atoms with Gasteiger partial charge in [-0.2, -0.15) is 5.10 Å². The van der Waals surface area contributed by atoms with E-state index in [1.807, 2.05) is 6.07 Å². The molecule has 3 N–H and O–H groups in total. The minimum atomic E-state index is -1.11. The summed E-state index contributed by atoms with van der Waals surface area (Å²) in [5, 5.41) is 17.5. The summed E-state index contributed by atoms with van der Waals surface area (Å²) in [5.74, 6) is -1.17. The summed E-state index contributed by atoms with van der Waals surface area (Å²) in [6.07, 6.45) is 2.90. The van der Waals surface area contributed by atoms with Crippen LogP contribution in [-0.2, 0) is 12.8 Å². The first-order valence-corrected chi connectivity index (χ1v) is 7.58. The predicted octanol–water partition coefficient (Wildman–Crippen LogP) is 2.94. The highest BCUT2D eigenvalue weighted by atomic mass is 32.1. The number of nitrogens with one attached hydrogen (secondary N) is 2. The molecule has 0 spiro atoms. The van der Waals surface area contributed by atoms with Crippen molar-refractivity contribution in [1.29, 1.82) is 0 Å². The number of carbonyl (C=O) groups is 2. The summed E-state index contributed by atoms with van der Waals surface area (Å²) < 4.78 is 0. The first-order valence-electron chi connectivity index (χ1n) is 6.76. The van der Waals surface area contributed by atoms with E-state index in [9.17, 15) is 9.59 Å². The van der Waals surface area contributed by atoms with Crippen molar-refractivity contribution in [2.45, 2.75) is 33.1 Å². The molecule has 0 aliphatic heterocycles. The molecule has 2 rings (SSSR count). The third kappa shape index (κ3) is 3.49. The maximum Gasteiger partial charge on any atom is 0.353 e. The van der Waals surface area contributed by atoms with Gasteiger partial charge >= 0.3 is 5.97 Å². The lowest BCUT2D eigenvalue weighted by molar-refractivity contribution is 0.0690. The summed E-state index contributed by atoms with van der Waals surface area (Å²) in [6, 6.07) is 3.19. The third-order valence-electron chi connectivity index (χ3n) is 3.03. The van der Waals surface area contributed by atoms with Gasteiger partial charge in [0, 0.05) is 10.9 Å². The zero-order valence-electron chi connectivity index (χ0n) is 11.9. The first kappa shape index (κ1) is 15.2. The van der Waals surface area contributed by atoms with Crippen molar-refractivity contribution >= 4 is 29.0 Å². The number of thiophene rings is 1. The van der Waals surface area contributed by atoms with Crippen LogP contribution in [0.5, 0.6) is 0 Å². The van der Waals surface area contributed by atoms with Gasteiger partial charge in [-0.1, -0.05) is 20.3 Å². The number of rotatable bonds is 6. The number of nitrogens with zero attached hydrogens (tertiary/aromatic N) is 1. The second-order valence-corrected chi connectivity index (χ2v) is 5.73. The topological polar surface area (TPSA) is 95.1 Å². The fourth-order valence-electron chi connectivity index (χ4n) is 1.99. The molecule has 21 heavy (non-hydrogen) atoms. The summed E-state index contributed by atoms with van der Waals surface area (Å²) in [6.45, 7) is 4.17. The van der Waals surface area contributed by atoms with Crippen LogP contribution in [0.25, 0.3) is 0 Å². The van der Waals surface area contributed by atoms with Crippen LogP contribution < -0.4 is 5.32 Å². The van der Waals surface area contributed by atoms with Gasteiger partial charge < -0.3 is 10.4 Å². The highest BCUT2D eigenvalue weighted by Gasteiger charge is 2.15. The van der Waals surface area contributed by atoms with Crippen LogP contribution in [0.3, 0.4) is 0 Å². The van der Waals surface area contributed by atoms with E-state index in [-0.39, 0.29) is 17.4 Å². The van der Waals surface area contributed by atoms with Crippen molar-refractivity contribution in [3.8, 4) is 0 Å². The van der Waals surface area contributed by atoms with Crippen molar-refractivity contribution in [2.75, 3.05) is 5.32 Å². The van der Waals surface area contributed by atoms with E-state index in [0.29, 0.717) is 4.88 Å². The molecule has 0 fully saturated rings. The van der Waals surface area contributed by atoms with Crippen LogP contribution >= 0.6 is 11.3 Å². The Morgan fingerprint density at radius 1 is 1.38 bits per heavy atom. The number of aryl methyl sites for hydroxylation is 2. The van der Waals surface area contributed by atoms with Crippen molar-refractivity contribution in [3.05, 3.63) is 33.1 Å². The average molecular weight is 307 g/mol. The van der Waals surface area contributed by atoms with E-state index in [1.165, 1.54) is 27.8 Å². The van der Waals surface area contributed by atoms with Crippen molar-refractivity contribution in [1.82, 2.24) is 10.2 Å². The van der Waals surface area contributed by atoms with Crippen LogP contribution in [0, 0.1) is 0 Å². The molecule has 1 amide bonds. The average Bonchev–Trinajstić information content (AvgIpc) is 3.06. The quantitative estimate of drug-likeness (QED) is 0.764. The Balaban J connectivity index is 2.13. The van der Waals surface area contributed by atoms with Gasteiger partial charge in [-0.3, -0.25) is 9.89 Å². The minimum absolute atomic E-state index is 0.0580. The normalized spacial score (nSPS) is 10.6. The molecular formula is C14H17N3O3S. The molecule has 0 aromatic carbocycles. The molecule has 6 nitrogen and oxygen atoms in total. The maximum absolute atomic E-state index is 12.2. The van der Waals surface area contributed by atoms with Crippen LogP contribution in [0.15, 0.2) is 12.1 Å². The second kappa shape index (κ2) is 6.53. The number of amides is 1. The standard InChI is InChI=1S/C14H17N3O3S/c1-3-5-10-8(4-2)6-11(21-10)13(18)15-12-7-9(14(19)20)16-17-12/h6-7H,3-5H2,1-2H3,(H,19,20)(H2,15,16,17,18). The molecule has 0 saturated heterocycles. The number of carboxylic acid groups (broad SMARTS) is 1. The molecule has 0 aliphatic carbocycles. The van der Waals surface area contributed by atoms with E-state index >= 15 is 0 Å². The molecule has 0 saturated carbocycles. The molecule has 0 unspecified atom stereocenters. The van der Waals surface area contributed by atoms with E-state index < -0.39 is 5.97 Å². The number of anilines is 1. The Labute approximate surface area is 126 Å². The lowest BCUT2D eigenvalue weighted by Gasteiger charge is -1.97. The number of aromatic nitrogens is 2. The van der Waals surface area contributed by atoms with Gasteiger partial charge in [-0.15, -0.1) is 11.3 Å². The monoisotopic (exact) mass is 307 g/mol. The van der Waals surface area contributed by atoms with Gasteiger partial charge in [0.1, 0.15) is 5.69 Å². The van der Waals surface area contributed by atoms with Gasteiger partial charge in [-0.25, -0.2) is 4.79 Å². The number of hydrogen-bond donors (Lipinski definition) is 3. The number of aromatic carboxylic acids is 1. The lowest BCUT2D eigenvalue weighted by Crippen LogP contribution is -2.10. The Morgan fingerprint density at radius 2 is 2.14 bits per heavy atom. The zero-order valence-corrected chi connectivity index (χ0v) is 12.7. The van der Waals surface area contributed by atoms with E-state index in [0.717, 1.165) is 19.3 Å². The minimum Gasteiger partial charge on any atom is -0.477 e. The smallest absolute Gasteiger partial charge is 0.353 e. The first-order chi connectivity index (χ1) is 10.0. The Morgan fingerprint density at radius 3 is 2.71 bits per heavy atom. The van der Waals surface area contributed by atoms with Gasteiger partial charge in [-0.05, 0) is 24.5 Å². The van der Waals surface area contributed by atoms with Gasteiger partial charge in [0.2, 0.25) is 0 Å². The van der Waals surface area contributed by atoms with Crippen LogP contribution in [0.1, 0.15) is 50.9 Å². The van der Waals surface area contributed by atoms with Crippen LogP contribution in [0.4, 0.5) is 5.82 Å². The maximum atomic E-state index is 12.2. The van der Waals surface area contributed by atoms with Gasteiger partial charge in [0.25, 0.3) is 5.91 Å². The Bertz CT molecular complexity index is 660. The van der Waals surface area contributed by atoms with Crippen LogP contribution in [-0.4, -0.2) is 27.2 Å². The van der Waals surface area contributed by atoms with E-state index in [1.54, 1.807) is 0 Å². The van der Waals surface area contributed by atoms with Crippen LogP contribution in [0.2, 0.25) is 0 Å². The van der Waals surface area contributed by atoms with E-state index in [2.05, 4.69) is 29.4 Å². The second-order valence-electron chi connectivity index (χ2n) is 4.59. The summed E-state index contributed by atoms with van der Waals surface area (Å²) in [7, 11) is 0. The molecule has 0 atom stereocenters. The predicted molar refractivity (Wildman–Crippen MR) is 81.2 cm³/mol. The largest absolute Gasteiger partial charge is 0.477 e. The molecule has 0 bridgehead atoms. The lowest BCUT2D eigenvalue weighted by atomic mass is 10.1. The SMILES string of the molecule is CCCc1sc(C(=O)Nc2cc(C(=O)O)[nH]n2)cc1CC. The fourth-order valence-corrected chi connectivity index (χ4v) is 3.24. The highest BCUT2D eigenvalue weighted by molar-refractivity contribution is 7.14. The Kier molecular flexibility index (Phi) is 4.74. The number of H-pyrrole nitrogens is 1. The summed E-state index contributed by atoms with van der Waals surface area (Å²) in [5.41, 5.74) is 1.14. The number of hydrogen-bond acceptors (Lipinski definition) is 4. The summed E-state index contributed by atoms with van der Waals surface area (Å²) >= 11 is 1.48. The number of carbonyl (C=O) groups excluding carboxylic acids is 1. The van der Waals surface area contributed by atoms with Crippen molar-refractivity contribution in [3.63, 3.8) is 0 Å². The molecule has 2 aromatic heterocycles. The number of aromatic amines is 1. The highest BCUT2D eigenvalue weighted by Crippen LogP contribution is 2.25. The van der Waals surface area contributed by atoms with Crippen molar-refractivity contribution in [2.24, 2.45) is 0 Å². The molecule has 2 heterocycles. The molecule has 2 aromatic rings.